The largest absolute Gasteiger partial charge is 0.327 e. The number of H-pyrrole nitrogens is 1. The van der Waals surface area contributed by atoms with E-state index in [1.54, 1.807) is 23.6 Å². The standard InChI is InChI=1S/C16H19N3O2S2/c1-10(2)12-7-11(8-14(20)18-12)16(21)19-4-6-22-9-13(19)15-17-3-5-23-15/h3,5,7-8,10,13H,4,6,9H2,1-2H3,(H,18,20). The molecule has 1 saturated heterocycles. The van der Waals surface area contributed by atoms with Gasteiger partial charge in [0.2, 0.25) is 5.56 Å². The second-order valence-electron chi connectivity index (χ2n) is 5.80. The van der Waals surface area contributed by atoms with Crippen LogP contribution in [0.4, 0.5) is 0 Å². The maximum Gasteiger partial charge on any atom is 0.254 e. The molecule has 1 amide bonds. The lowest BCUT2D eigenvalue weighted by atomic mass is 10.1. The lowest BCUT2D eigenvalue weighted by molar-refractivity contribution is 0.0700. The maximum atomic E-state index is 13.0. The quantitative estimate of drug-likeness (QED) is 0.925. The van der Waals surface area contributed by atoms with Crippen LogP contribution in [0.25, 0.3) is 0 Å². The van der Waals surface area contributed by atoms with Crippen molar-refractivity contribution in [2.24, 2.45) is 0 Å². The molecule has 0 saturated carbocycles. The van der Waals surface area contributed by atoms with E-state index in [1.807, 2.05) is 35.9 Å². The first-order valence-corrected chi connectivity index (χ1v) is 9.62. The van der Waals surface area contributed by atoms with Crippen molar-refractivity contribution in [3.63, 3.8) is 0 Å². The third kappa shape index (κ3) is 3.50. The zero-order valence-corrected chi connectivity index (χ0v) is 14.7. The van der Waals surface area contributed by atoms with E-state index in [-0.39, 0.29) is 23.4 Å². The normalized spacial score (nSPS) is 18.4. The zero-order chi connectivity index (χ0) is 16.4. The van der Waals surface area contributed by atoms with E-state index in [4.69, 9.17) is 0 Å². The number of carbonyl (C=O) groups is 1. The fraction of sp³-hybridized carbons (Fsp3) is 0.438. The van der Waals surface area contributed by atoms with Crippen molar-refractivity contribution in [2.75, 3.05) is 18.1 Å². The predicted octanol–water partition coefficient (Wildman–Crippen LogP) is 2.89. The summed E-state index contributed by atoms with van der Waals surface area (Å²) >= 11 is 3.40. The maximum absolute atomic E-state index is 13.0. The highest BCUT2D eigenvalue weighted by Crippen LogP contribution is 2.31. The van der Waals surface area contributed by atoms with E-state index in [0.717, 1.165) is 22.2 Å². The molecule has 0 aromatic carbocycles. The highest BCUT2D eigenvalue weighted by atomic mass is 32.2. The topological polar surface area (TPSA) is 66.1 Å². The number of hydrogen-bond acceptors (Lipinski definition) is 5. The molecule has 1 fully saturated rings. The van der Waals surface area contributed by atoms with Crippen LogP contribution in [0.2, 0.25) is 0 Å². The Labute approximate surface area is 143 Å². The second kappa shape index (κ2) is 6.88. The number of aromatic nitrogens is 2. The van der Waals surface area contributed by atoms with Gasteiger partial charge in [-0.25, -0.2) is 4.98 Å². The summed E-state index contributed by atoms with van der Waals surface area (Å²) in [7, 11) is 0. The highest BCUT2D eigenvalue weighted by Gasteiger charge is 2.31. The third-order valence-electron chi connectivity index (χ3n) is 3.86. The van der Waals surface area contributed by atoms with Crippen LogP contribution in [0, 0.1) is 0 Å². The Morgan fingerprint density at radius 1 is 1.43 bits per heavy atom. The van der Waals surface area contributed by atoms with Gasteiger partial charge in [-0.1, -0.05) is 13.8 Å². The van der Waals surface area contributed by atoms with Crippen LogP contribution in [0.3, 0.4) is 0 Å². The fourth-order valence-corrected chi connectivity index (χ4v) is 4.53. The Morgan fingerprint density at radius 3 is 2.96 bits per heavy atom. The summed E-state index contributed by atoms with van der Waals surface area (Å²) in [4.78, 5) is 33.9. The molecule has 1 aliphatic heterocycles. The Balaban J connectivity index is 1.93. The minimum atomic E-state index is -0.225. The van der Waals surface area contributed by atoms with Crippen LogP contribution in [0.5, 0.6) is 0 Å². The van der Waals surface area contributed by atoms with Crippen molar-refractivity contribution < 1.29 is 4.79 Å². The average Bonchev–Trinajstić information content (AvgIpc) is 3.08. The molecular weight excluding hydrogens is 330 g/mol. The third-order valence-corrected chi connectivity index (χ3v) is 5.76. The van der Waals surface area contributed by atoms with Gasteiger partial charge in [0.05, 0.1) is 6.04 Å². The van der Waals surface area contributed by atoms with Crippen LogP contribution in [-0.4, -0.2) is 38.8 Å². The van der Waals surface area contributed by atoms with E-state index in [1.165, 1.54) is 6.07 Å². The van der Waals surface area contributed by atoms with Crippen LogP contribution in [0.15, 0.2) is 28.5 Å². The van der Waals surface area contributed by atoms with Crippen molar-refractivity contribution in [1.82, 2.24) is 14.9 Å². The van der Waals surface area contributed by atoms with Gasteiger partial charge in [0.1, 0.15) is 5.01 Å². The van der Waals surface area contributed by atoms with Gasteiger partial charge in [0.25, 0.3) is 5.91 Å². The SMILES string of the molecule is CC(C)c1cc(C(=O)N2CCSCC2c2nccs2)cc(=O)[nH]1. The lowest BCUT2D eigenvalue weighted by Crippen LogP contribution is -2.41. The van der Waals surface area contributed by atoms with Crippen LogP contribution in [-0.2, 0) is 0 Å². The number of pyridine rings is 1. The number of amides is 1. The van der Waals surface area contributed by atoms with E-state index >= 15 is 0 Å². The molecular formula is C16H19N3O2S2. The molecule has 0 radical (unpaired) electrons. The Kier molecular flexibility index (Phi) is 4.87. The Morgan fingerprint density at radius 2 is 2.26 bits per heavy atom. The van der Waals surface area contributed by atoms with E-state index < -0.39 is 0 Å². The van der Waals surface area contributed by atoms with Crippen LogP contribution in [0.1, 0.15) is 46.9 Å². The summed E-state index contributed by atoms with van der Waals surface area (Å²) in [6, 6.07) is 3.19. The number of rotatable bonds is 3. The molecule has 0 aliphatic carbocycles. The van der Waals surface area contributed by atoms with Crippen molar-refractivity contribution in [1.29, 1.82) is 0 Å². The second-order valence-corrected chi connectivity index (χ2v) is 7.88. The summed E-state index contributed by atoms with van der Waals surface area (Å²) in [6.07, 6.45) is 1.77. The number of nitrogens with one attached hydrogen (secondary N) is 1. The number of thiazole rings is 1. The molecule has 3 rings (SSSR count). The summed E-state index contributed by atoms with van der Waals surface area (Å²) in [5.74, 6) is 1.84. The highest BCUT2D eigenvalue weighted by molar-refractivity contribution is 7.99. The molecule has 122 valence electrons. The summed E-state index contributed by atoms with van der Waals surface area (Å²) in [6.45, 7) is 4.67. The van der Waals surface area contributed by atoms with Crippen molar-refractivity contribution >= 4 is 29.0 Å². The molecule has 1 N–H and O–H groups in total. The molecule has 2 aromatic heterocycles. The number of aromatic amines is 1. The van der Waals surface area contributed by atoms with Gasteiger partial charge in [0.15, 0.2) is 0 Å². The molecule has 5 nitrogen and oxygen atoms in total. The molecule has 2 aromatic rings. The monoisotopic (exact) mass is 349 g/mol. The predicted molar refractivity (Wildman–Crippen MR) is 94.4 cm³/mol. The van der Waals surface area contributed by atoms with Gasteiger partial charge in [-0.05, 0) is 12.0 Å². The van der Waals surface area contributed by atoms with Crippen molar-refractivity contribution in [2.45, 2.75) is 25.8 Å². The van der Waals surface area contributed by atoms with E-state index in [2.05, 4.69) is 9.97 Å². The summed E-state index contributed by atoms with van der Waals surface area (Å²) in [5, 5.41) is 2.89. The summed E-state index contributed by atoms with van der Waals surface area (Å²) < 4.78 is 0. The molecule has 1 aliphatic rings. The van der Waals surface area contributed by atoms with Crippen molar-refractivity contribution in [3.05, 3.63) is 50.3 Å². The molecule has 0 spiro atoms. The molecule has 1 unspecified atom stereocenters. The van der Waals surface area contributed by atoms with Gasteiger partial charge in [-0.2, -0.15) is 11.8 Å². The van der Waals surface area contributed by atoms with Gasteiger partial charge in [-0.15, -0.1) is 11.3 Å². The molecule has 1 atom stereocenters. The lowest BCUT2D eigenvalue weighted by Gasteiger charge is -2.34. The van der Waals surface area contributed by atoms with Gasteiger partial charge >= 0.3 is 0 Å². The first-order valence-electron chi connectivity index (χ1n) is 7.58. The minimum absolute atomic E-state index is 0.0111. The van der Waals surface area contributed by atoms with Crippen LogP contribution < -0.4 is 5.56 Å². The van der Waals surface area contributed by atoms with Gasteiger partial charge in [-0.3, -0.25) is 9.59 Å². The average molecular weight is 349 g/mol. The zero-order valence-electron chi connectivity index (χ0n) is 13.1. The molecule has 3 heterocycles. The molecule has 23 heavy (non-hydrogen) atoms. The van der Waals surface area contributed by atoms with Gasteiger partial charge < -0.3 is 9.88 Å². The number of hydrogen-bond donors (Lipinski definition) is 1. The minimum Gasteiger partial charge on any atom is -0.327 e. The number of thioether (sulfide) groups is 1. The fourth-order valence-electron chi connectivity index (χ4n) is 2.62. The Bertz CT molecular complexity index is 740. The van der Waals surface area contributed by atoms with Crippen molar-refractivity contribution in [3.8, 4) is 0 Å². The van der Waals surface area contributed by atoms with E-state index in [0.29, 0.717) is 12.1 Å². The van der Waals surface area contributed by atoms with Gasteiger partial charge in [0, 0.05) is 47.0 Å². The molecule has 0 bridgehead atoms. The first kappa shape index (κ1) is 16.3. The smallest absolute Gasteiger partial charge is 0.254 e. The number of nitrogens with zero attached hydrogens (tertiary/aromatic N) is 2. The Hall–Kier alpha value is -1.60. The number of carbonyl (C=O) groups excluding carboxylic acids is 1. The first-order chi connectivity index (χ1) is 11.1. The molecule has 7 heteroatoms. The summed E-state index contributed by atoms with van der Waals surface area (Å²) in [5.41, 5.74) is 1.03. The van der Waals surface area contributed by atoms with E-state index in [9.17, 15) is 9.59 Å². The van der Waals surface area contributed by atoms with Crippen LogP contribution >= 0.6 is 23.1 Å².